The molecule has 7 nitrogen and oxygen atoms in total. The number of hydrogen-bond acceptors (Lipinski definition) is 5. The van der Waals surface area contributed by atoms with Gasteiger partial charge in [0.05, 0.1) is 11.6 Å². The number of nitrogens with one attached hydrogen (secondary N) is 1. The molecule has 29 heavy (non-hydrogen) atoms. The number of nitrogens with zero attached hydrogens (tertiary/aromatic N) is 3. The molecule has 0 saturated carbocycles. The lowest BCUT2D eigenvalue weighted by molar-refractivity contribution is 0.184. The van der Waals surface area contributed by atoms with E-state index in [-0.39, 0.29) is 17.6 Å². The number of likely N-dealkylation sites (tertiary alicyclic amines) is 1. The van der Waals surface area contributed by atoms with Gasteiger partial charge in [-0.25, -0.2) is 9.18 Å². The maximum atomic E-state index is 13.8. The Hall–Kier alpha value is -3.26. The Morgan fingerprint density at radius 2 is 2.03 bits per heavy atom. The fraction of sp³-hybridized carbons (Fsp3) is 0.286. The van der Waals surface area contributed by atoms with E-state index in [4.69, 9.17) is 10.3 Å². The monoisotopic (exact) mass is 395 g/mol. The van der Waals surface area contributed by atoms with E-state index in [0.717, 1.165) is 24.0 Å². The zero-order chi connectivity index (χ0) is 20.2. The number of carbonyl (C=O) groups excluding carboxylic acids is 1. The number of amides is 2. The molecule has 1 aliphatic rings. The first-order valence-electron chi connectivity index (χ1n) is 9.57. The molecule has 1 aromatic heterocycles. The highest BCUT2D eigenvalue weighted by atomic mass is 19.1. The third-order valence-corrected chi connectivity index (χ3v) is 5.06. The number of anilines is 1. The molecule has 8 heteroatoms. The standard InChI is InChI=1S/C21H22FN5O2/c22-17-5-1-2-6-18(17)24-21(28)27-11-3-4-16(13-27)20-25-19(26-29-20)15-9-7-14(12-23)8-10-15/h1-2,5-10,16H,3-4,11-13,23H2,(H,24,28). The van der Waals surface area contributed by atoms with E-state index in [1.807, 2.05) is 24.3 Å². The summed E-state index contributed by atoms with van der Waals surface area (Å²) in [4.78, 5) is 18.7. The van der Waals surface area contributed by atoms with Crippen molar-refractivity contribution < 1.29 is 13.7 Å². The van der Waals surface area contributed by atoms with Gasteiger partial charge in [0, 0.05) is 25.2 Å². The van der Waals surface area contributed by atoms with E-state index in [1.54, 1.807) is 17.0 Å². The summed E-state index contributed by atoms with van der Waals surface area (Å²) in [6.07, 6.45) is 1.65. The second-order valence-electron chi connectivity index (χ2n) is 7.05. The van der Waals surface area contributed by atoms with Crippen LogP contribution in [0.2, 0.25) is 0 Å². The first-order chi connectivity index (χ1) is 14.1. The highest BCUT2D eigenvalue weighted by Gasteiger charge is 2.29. The summed E-state index contributed by atoms with van der Waals surface area (Å²) in [5.74, 6) is 0.499. The Balaban J connectivity index is 1.44. The average Bonchev–Trinajstić information content (AvgIpc) is 3.26. The van der Waals surface area contributed by atoms with Crippen LogP contribution in [0.3, 0.4) is 0 Å². The molecule has 2 heterocycles. The van der Waals surface area contributed by atoms with E-state index in [9.17, 15) is 9.18 Å². The van der Waals surface area contributed by atoms with Crippen molar-refractivity contribution in [3.8, 4) is 11.4 Å². The maximum absolute atomic E-state index is 13.8. The fourth-order valence-corrected chi connectivity index (χ4v) is 3.43. The van der Waals surface area contributed by atoms with Crippen LogP contribution in [0.4, 0.5) is 14.9 Å². The Morgan fingerprint density at radius 3 is 2.79 bits per heavy atom. The number of urea groups is 1. The van der Waals surface area contributed by atoms with Crippen molar-refractivity contribution in [1.82, 2.24) is 15.0 Å². The van der Waals surface area contributed by atoms with E-state index >= 15 is 0 Å². The molecule has 1 atom stereocenters. The molecule has 3 aromatic rings. The topological polar surface area (TPSA) is 97.3 Å². The summed E-state index contributed by atoms with van der Waals surface area (Å²) in [6, 6.07) is 13.5. The molecule has 2 amide bonds. The van der Waals surface area contributed by atoms with Crippen LogP contribution in [0.15, 0.2) is 53.1 Å². The number of aromatic nitrogens is 2. The zero-order valence-corrected chi connectivity index (χ0v) is 15.8. The maximum Gasteiger partial charge on any atom is 0.321 e. The van der Waals surface area contributed by atoms with E-state index < -0.39 is 5.82 Å². The van der Waals surface area contributed by atoms with E-state index in [2.05, 4.69) is 15.5 Å². The number of benzene rings is 2. The van der Waals surface area contributed by atoms with Crippen molar-refractivity contribution >= 4 is 11.7 Å². The van der Waals surface area contributed by atoms with Gasteiger partial charge in [0.2, 0.25) is 11.7 Å². The van der Waals surface area contributed by atoms with Crippen LogP contribution >= 0.6 is 0 Å². The molecule has 2 aromatic carbocycles. The fourth-order valence-electron chi connectivity index (χ4n) is 3.43. The molecule has 1 unspecified atom stereocenters. The molecule has 0 spiro atoms. The highest BCUT2D eigenvalue weighted by Crippen LogP contribution is 2.28. The summed E-state index contributed by atoms with van der Waals surface area (Å²) < 4.78 is 19.3. The van der Waals surface area contributed by atoms with Crippen molar-refractivity contribution in [2.24, 2.45) is 5.73 Å². The molecule has 0 aliphatic carbocycles. The molecular formula is C21H22FN5O2. The molecule has 1 saturated heterocycles. The molecule has 0 radical (unpaired) electrons. The Bertz CT molecular complexity index is 989. The normalized spacial score (nSPS) is 16.6. The van der Waals surface area contributed by atoms with Gasteiger partial charge < -0.3 is 20.5 Å². The average molecular weight is 395 g/mol. The Kier molecular flexibility index (Phi) is 5.53. The SMILES string of the molecule is NCc1ccc(-c2noc(C3CCCN(C(=O)Nc4ccccc4F)C3)n2)cc1. The van der Waals surface area contributed by atoms with Gasteiger partial charge in [-0.05, 0) is 30.5 Å². The van der Waals surface area contributed by atoms with Gasteiger partial charge in [-0.1, -0.05) is 41.6 Å². The molecule has 1 fully saturated rings. The Labute approximate surface area is 167 Å². The van der Waals surface area contributed by atoms with Crippen LogP contribution in [-0.4, -0.2) is 34.2 Å². The molecular weight excluding hydrogens is 373 g/mol. The molecule has 3 N–H and O–H groups in total. The number of carbonyl (C=O) groups is 1. The predicted octanol–water partition coefficient (Wildman–Crippen LogP) is 3.75. The first-order valence-corrected chi connectivity index (χ1v) is 9.57. The van der Waals surface area contributed by atoms with Gasteiger partial charge in [-0.2, -0.15) is 4.98 Å². The van der Waals surface area contributed by atoms with Crippen molar-refractivity contribution in [2.45, 2.75) is 25.3 Å². The van der Waals surface area contributed by atoms with Gasteiger partial charge >= 0.3 is 6.03 Å². The smallest absolute Gasteiger partial charge is 0.321 e. The Morgan fingerprint density at radius 1 is 1.24 bits per heavy atom. The van der Waals surface area contributed by atoms with Gasteiger partial charge in [0.1, 0.15) is 5.82 Å². The highest BCUT2D eigenvalue weighted by molar-refractivity contribution is 5.89. The largest absolute Gasteiger partial charge is 0.339 e. The van der Waals surface area contributed by atoms with Crippen LogP contribution in [0.5, 0.6) is 0 Å². The molecule has 1 aliphatic heterocycles. The third kappa shape index (κ3) is 4.27. The van der Waals surface area contributed by atoms with Gasteiger partial charge in [-0.3, -0.25) is 0 Å². The summed E-state index contributed by atoms with van der Waals surface area (Å²) in [5.41, 5.74) is 7.67. The minimum atomic E-state index is -0.461. The lowest BCUT2D eigenvalue weighted by Gasteiger charge is -2.31. The number of piperidine rings is 1. The predicted molar refractivity (Wildman–Crippen MR) is 107 cm³/mol. The van der Waals surface area contributed by atoms with Crippen molar-refractivity contribution in [2.75, 3.05) is 18.4 Å². The van der Waals surface area contributed by atoms with Crippen LogP contribution in [-0.2, 0) is 6.54 Å². The lowest BCUT2D eigenvalue weighted by atomic mass is 9.98. The number of hydrogen-bond donors (Lipinski definition) is 2. The van der Waals surface area contributed by atoms with Crippen LogP contribution in [0.25, 0.3) is 11.4 Å². The lowest BCUT2D eigenvalue weighted by Crippen LogP contribution is -2.41. The van der Waals surface area contributed by atoms with Gasteiger partial charge in [0.15, 0.2) is 0 Å². The summed E-state index contributed by atoms with van der Waals surface area (Å²) in [5, 5.41) is 6.71. The van der Waals surface area contributed by atoms with E-state index in [1.165, 1.54) is 12.1 Å². The second kappa shape index (κ2) is 8.40. The summed E-state index contributed by atoms with van der Waals surface area (Å²) >= 11 is 0. The quantitative estimate of drug-likeness (QED) is 0.701. The summed E-state index contributed by atoms with van der Waals surface area (Å²) in [7, 11) is 0. The number of nitrogens with two attached hydrogens (primary N) is 1. The van der Waals surface area contributed by atoms with E-state index in [0.29, 0.717) is 31.3 Å². The van der Waals surface area contributed by atoms with Crippen LogP contribution in [0, 0.1) is 5.82 Å². The minimum absolute atomic E-state index is 0.0558. The number of para-hydroxylation sites is 1. The van der Waals surface area contributed by atoms with Gasteiger partial charge in [-0.15, -0.1) is 0 Å². The summed E-state index contributed by atoms with van der Waals surface area (Å²) in [6.45, 7) is 1.51. The second-order valence-corrected chi connectivity index (χ2v) is 7.05. The van der Waals surface area contributed by atoms with Crippen LogP contribution in [0.1, 0.15) is 30.2 Å². The number of rotatable bonds is 4. The van der Waals surface area contributed by atoms with Crippen molar-refractivity contribution in [3.05, 3.63) is 65.8 Å². The van der Waals surface area contributed by atoms with Crippen molar-refractivity contribution in [3.63, 3.8) is 0 Å². The molecule has 4 rings (SSSR count). The molecule has 150 valence electrons. The number of halogens is 1. The molecule has 0 bridgehead atoms. The third-order valence-electron chi connectivity index (χ3n) is 5.06. The minimum Gasteiger partial charge on any atom is -0.339 e. The van der Waals surface area contributed by atoms with Gasteiger partial charge in [0.25, 0.3) is 0 Å². The first kappa shape index (κ1) is 19.1. The zero-order valence-electron chi connectivity index (χ0n) is 15.8. The van der Waals surface area contributed by atoms with Crippen molar-refractivity contribution in [1.29, 1.82) is 0 Å². The van der Waals surface area contributed by atoms with Crippen LogP contribution < -0.4 is 11.1 Å².